The quantitative estimate of drug-likeness (QED) is 0.751. The van der Waals surface area contributed by atoms with Gasteiger partial charge in [0, 0.05) is 11.8 Å². The highest BCUT2D eigenvalue weighted by Crippen LogP contribution is 2.28. The molecule has 0 amide bonds. The molecule has 22 heavy (non-hydrogen) atoms. The van der Waals surface area contributed by atoms with Crippen LogP contribution in [0.15, 0.2) is 42.8 Å². The average molecular weight is 297 g/mol. The number of hydrogen-bond donors (Lipinski definition) is 1. The molecule has 0 bridgehead atoms. The lowest BCUT2D eigenvalue weighted by Gasteiger charge is -2.09. The van der Waals surface area contributed by atoms with Crippen LogP contribution in [0.1, 0.15) is 11.3 Å². The number of benzene rings is 1. The first-order valence-electron chi connectivity index (χ1n) is 6.84. The van der Waals surface area contributed by atoms with Crippen molar-refractivity contribution in [2.45, 2.75) is 6.92 Å². The fourth-order valence-electron chi connectivity index (χ4n) is 2.43. The number of imidazole rings is 1. The molecule has 2 heterocycles. The number of nitrogen functional groups attached to an aromatic ring is 1. The monoisotopic (exact) mass is 297 g/mol. The molecule has 0 saturated carbocycles. The van der Waals surface area contributed by atoms with Gasteiger partial charge in [-0.05, 0) is 42.3 Å². The van der Waals surface area contributed by atoms with Crippen LogP contribution in [0, 0.1) is 12.7 Å². The third kappa shape index (κ3) is 2.30. The molecule has 0 atom stereocenters. The van der Waals surface area contributed by atoms with Crippen molar-refractivity contribution in [3.63, 3.8) is 0 Å². The van der Waals surface area contributed by atoms with Gasteiger partial charge in [0.05, 0.1) is 19.1 Å². The Hall–Kier alpha value is -2.82. The highest BCUT2D eigenvalue weighted by atomic mass is 19.1. The van der Waals surface area contributed by atoms with E-state index in [2.05, 4.69) is 4.98 Å². The normalized spacial score (nSPS) is 11.4. The lowest BCUT2D eigenvalue weighted by Crippen LogP contribution is -1.93. The van der Waals surface area contributed by atoms with Crippen molar-refractivity contribution in [2.24, 2.45) is 0 Å². The standard InChI is InChI=1S/C17H16FN3O/c1-11-17(19)20-16-7-6-12(10-21(11)16)13-4-3-5-15(18)14(13)8-9-22-2/h3-10H,19H2,1-2H3/b9-8+. The third-order valence-electron chi connectivity index (χ3n) is 3.63. The maximum Gasteiger partial charge on any atom is 0.145 e. The number of nitrogens with zero attached hydrogens (tertiary/aromatic N) is 2. The van der Waals surface area contributed by atoms with E-state index in [1.807, 2.05) is 35.7 Å². The van der Waals surface area contributed by atoms with Gasteiger partial charge < -0.3 is 14.9 Å². The second-order valence-corrected chi connectivity index (χ2v) is 4.97. The fourth-order valence-corrected chi connectivity index (χ4v) is 2.43. The van der Waals surface area contributed by atoms with Gasteiger partial charge in [0.15, 0.2) is 0 Å². The lowest BCUT2D eigenvalue weighted by molar-refractivity contribution is 0.341. The van der Waals surface area contributed by atoms with Crippen LogP contribution in [0.2, 0.25) is 0 Å². The smallest absolute Gasteiger partial charge is 0.145 e. The second-order valence-electron chi connectivity index (χ2n) is 4.97. The molecule has 3 rings (SSSR count). The summed E-state index contributed by atoms with van der Waals surface area (Å²) in [5.74, 6) is 0.198. The van der Waals surface area contributed by atoms with E-state index in [9.17, 15) is 4.39 Å². The molecule has 0 aliphatic carbocycles. The molecule has 0 unspecified atom stereocenters. The number of halogens is 1. The number of fused-ring (bicyclic) bond motifs is 1. The van der Waals surface area contributed by atoms with Crippen molar-refractivity contribution < 1.29 is 9.13 Å². The molecule has 0 aliphatic rings. The summed E-state index contributed by atoms with van der Waals surface area (Å²) in [5, 5.41) is 0. The molecule has 0 spiro atoms. The van der Waals surface area contributed by atoms with Crippen LogP contribution in [0.25, 0.3) is 22.9 Å². The van der Waals surface area contributed by atoms with Gasteiger partial charge in [0.2, 0.25) is 0 Å². The number of ether oxygens (including phenoxy) is 1. The molecule has 0 saturated heterocycles. The molecular weight excluding hydrogens is 281 g/mol. The molecule has 4 nitrogen and oxygen atoms in total. The van der Waals surface area contributed by atoms with Gasteiger partial charge in [-0.2, -0.15) is 0 Å². The second kappa shape index (κ2) is 5.52. The first-order valence-corrected chi connectivity index (χ1v) is 6.84. The van der Waals surface area contributed by atoms with E-state index in [1.165, 1.54) is 19.4 Å². The van der Waals surface area contributed by atoms with Crippen LogP contribution in [-0.4, -0.2) is 16.5 Å². The number of anilines is 1. The van der Waals surface area contributed by atoms with Gasteiger partial charge in [-0.1, -0.05) is 12.1 Å². The van der Waals surface area contributed by atoms with Crippen LogP contribution < -0.4 is 5.73 Å². The zero-order valence-electron chi connectivity index (χ0n) is 12.4. The first kappa shape index (κ1) is 14.1. The van der Waals surface area contributed by atoms with E-state index in [4.69, 9.17) is 10.5 Å². The Bertz CT molecular complexity index is 868. The molecular formula is C17H16FN3O. The number of rotatable bonds is 3. The van der Waals surface area contributed by atoms with E-state index in [0.717, 1.165) is 22.5 Å². The number of hydrogen-bond acceptors (Lipinski definition) is 3. The molecule has 112 valence electrons. The topological polar surface area (TPSA) is 52.5 Å². The van der Waals surface area contributed by atoms with E-state index in [0.29, 0.717) is 11.4 Å². The molecule has 2 N–H and O–H groups in total. The summed E-state index contributed by atoms with van der Waals surface area (Å²) in [5.41, 5.74) is 9.61. The Morgan fingerprint density at radius 3 is 2.86 bits per heavy atom. The van der Waals surface area contributed by atoms with Crippen LogP contribution in [-0.2, 0) is 4.74 Å². The van der Waals surface area contributed by atoms with Crippen molar-refractivity contribution in [3.8, 4) is 11.1 Å². The van der Waals surface area contributed by atoms with Crippen molar-refractivity contribution in [2.75, 3.05) is 12.8 Å². The Morgan fingerprint density at radius 1 is 1.27 bits per heavy atom. The Kier molecular flexibility index (Phi) is 3.55. The minimum Gasteiger partial charge on any atom is -0.504 e. The Morgan fingerprint density at radius 2 is 2.09 bits per heavy atom. The summed E-state index contributed by atoms with van der Waals surface area (Å²) < 4.78 is 20.9. The minimum atomic E-state index is -0.298. The number of aryl methyl sites for hydroxylation is 1. The van der Waals surface area contributed by atoms with Gasteiger partial charge in [0.1, 0.15) is 17.3 Å². The molecule has 0 radical (unpaired) electrons. The van der Waals surface area contributed by atoms with E-state index in [1.54, 1.807) is 12.1 Å². The van der Waals surface area contributed by atoms with Gasteiger partial charge in [-0.15, -0.1) is 0 Å². The molecule has 5 heteroatoms. The van der Waals surface area contributed by atoms with Crippen molar-refractivity contribution in [1.29, 1.82) is 0 Å². The Balaban J connectivity index is 2.21. The van der Waals surface area contributed by atoms with Crippen molar-refractivity contribution >= 4 is 17.5 Å². The molecule has 1 aromatic carbocycles. The highest BCUT2D eigenvalue weighted by molar-refractivity contribution is 5.76. The summed E-state index contributed by atoms with van der Waals surface area (Å²) in [6.07, 6.45) is 4.98. The minimum absolute atomic E-state index is 0.298. The van der Waals surface area contributed by atoms with Crippen LogP contribution in [0.4, 0.5) is 10.2 Å². The summed E-state index contributed by atoms with van der Waals surface area (Å²) in [4.78, 5) is 4.27. The SMILES string of the molecule is CO/C=C/c1c(F)cccc1-c1ccc2nc(N)c(C)n2c1. The third-order valence-corrected chi connectivity index (χ3v) is 3.63. The largest absolute Gasteiger partial charge is 0.504 e. The van der Waals surface area contributed by atoms with Crippen LogP contribution >= 0.6 is 0 Å². The lowest BCUT2D eigenvalue weighted by atomic mass is 10.0. The zero-order valence-corrected chi connectivity index (χ0v) is 12.4. The first-order chi connectivity index (χ1) is 10.6. The number of methoxy groups -OCH3 is 1. The maximum absolute atomic E-state index is 14.1. The summed E-state index contributed by atoms with van der Waals surface area (Å²) in [6.45, 7) is 1.90. The highest BCUT2D eigenvalue weighted by Gasteiger charge is 2.11. The predicted molar refractivity (Wildman–Crippen MR) is 85.8 cm³/mol. The van der Waals surface area contributed by atoms with Crippen LogP contribution in [0.5, 0.6) is 0 Å². The molecule has 0 aliphatic heterocycles. The van der Waals surface area contributed by atoms with E-state index < -0.39 is 0 Å². The zero-order chi connectivity index (χ0) is 15.7. The summed E-state index contributed by atoms with van der Waals surface area (Å²) in [6, 6.07) is 8.76. The van der Waals surface area contributed by atoms with Crippen molar-refractivity contribution in [3.05, 3.63) is 59.9 Å². The average Bonchev–Trinajstić information content (AvgIpc) is 2.80. The van der Waals surface area contributed by atoms with Crippen LogP contribution in [0.3, 0.4) is 0 Å². The summed E-state index contributed by atoms with van der Waals surface area (Å²) >= 11 is 0. The van der Waals surface area contributed by atoms with Gasteiger partial charge >= 0.3 is 0 Å². The summed E-state index contributed by atoms with van der Waals surface area (Å²) in [7, 11) is 1.53. The molecule has 0 fully saturated rings. The molecule has 3 aromatic rings. The van der Waals surface area contributed by atoms with E-state index in [-0.39, 0.29) is 5.82 Å². The van der Waals surface area contributed by atoms with E-state index >= 15 is 0 Å². The fraction of sp³-hybridized carbons (Fsp3) is 0.118. The molecule has 2 aromatic heterocycles. The maximum atomic E-state index is 14.1. The Labute approximate surface area is 127 Å². The number of aromatic nitrogens is 2. The number of nitrogens with two attached hydrogens (primary N) is 1. The van der Waals surface area contributed by atoms with Gasteiger partial charge in [-0.25, -0.2) is 9.37 Å². The number of pyridine rings is 1. The predicted octanol–water partition coefficient (Wildman–Crippen LogP) is 3.65. The van der Waals surface area contributed by atoms with Crippen molar-refractivity contribution in [1.82, 2.24) is 9.38 Å². The van der Waals surface area contributed by atoms with Gasteiger partial charge in [-0.3, -0.25) is 0 Å². The van der Waals surface area contributed by atoms with Gasteiger partial charge in [0.25, 0.3) is 0 Å².